The van der Waals surface area contributed by atoms with Crippen LogP contribution < -0.4 is 9.41 Å². The van der Waals surface area contributed by atoms with Crippen LogP contribution in [0.15, 0.2) is 69.8 Å². The van der Waals surface area contributed by atoms with E-state index in [0.29, 0.717) is 3.63 Å². The monoisotopic (exact) mass is 429 g/mol. The Bertz CT molecular complexity index is 818. The molecule has 1 aromatic heterocycles. The van der Waals surface area contributed by atoms with Crippen molar-refractivity contribution in [2.24, 2.45) is 0 Å². The van der Waals surface area contributed by atoms with Crippen molar-refractivity contribution in [3.63, 3.8) is 0 Å². The second kappa shape index (κ2) is 9.41. The van der Waals surface area contributed by atoms with E-state index >= 15 is 0 Å². The number of allylic oxidation sites excluding steroid dienone is 5. The van der Waals surface area contributed by atoms with Crippen LogP contribution in [0.25, 0.3) is 11.8 Å². The number of hydrogen-bond acceptors (Lipinski definition) is 0. The van der Waals surface area contributed by atoms with E-state index in [4.69, 9.17) is 0 Å². The first-order valence-electron chi connectivity index (χ1n) is 8.96. The Hall–Kier alpha value is -1.54. The minimum Gasteiger partial charge on any atom is -1.00 e. The third kappa shape index (κ3) is 4.06. The van der Waals surface area contributed by atoms with Gasteiger partial charge in [-0.25, -0.2) is 0 Å². The number of unbranched alkanes of at least 4 members (excludes halogenated alkanes) is 1. The van der Waals surface area contributed by atoms with Gasteiger partial charge in [0.25, 0.3) is 0 Å². The van der Waals surface area contributed by atoms with Crippen molar-refractivity contribution in [2.75, 3.05) is 0 Å². The number of nitrogens with zero attached hydrogens (tertiary/aromatic N) is 1. The van der Waals surface area contributed by atoms with Gasteiger partial charge < -0.3 is 9.41 Å². The Kier molecular flexibility index (Phi) is 7.52. The van der Waals surface area contributed by atoms with Crippen LogP contribution in [0, 0.1) is 0 Å². The second-order valence-corrected chi connectivity index (χ2v) is 10.2. The Morgan fingerprint density at radius 3 is 2.62 bits per heavy atom. The predicted octanol–water partition coefficient (Wildman–Crippen LogP) is 0.0356. The molecule has 1 heterocycles. The standard InChI is InChI=1S/C13H10N.C9H13.2FH.Zr/c1-2-6-12-10-13(9-11(12)5-1)14-7-3-4-8-14;1-2-3-6-9-7-4-5-8-9;;;/h1-10H;4,7H,2-3,5-6H2,1H3;2*1H;/q;;;;+2/p-2. The van der Waals surface area contributed by atoms with E-state index in [9.17, 15) is 0 Å². The van der Waals surface area contributed by atoms with Gasteiger partial charge in [0.15, 0.2) is 0 Å². The van der Waals surface area contributed by atoms with Crippen molar-refractivity contribution in [3.8, 4) is 0 Å². The summed E-state index contributed by atoms with van der Waals surface area (Å²) in [6.07, 6.45) is 16.7. The molecule has 1 nitrogen and oxygen atoms in total. The van der Waals surface area contributed by atoms with Crippen molar-refractivity contribution in [1.82, 2.24) is 4.57 Å². The Balaban J connectivity index is 0.00000121. The van der Waals surface area contributed by atoms with E-state index in [1.165, 1.54) is 36.9 Å². The summed E-state index contributed by atoms with van der Waals surface area (Å²) in [7, 11) is 0. The fourth-order valence-corrected chi connectivity index (χ4v) is 8.03. The molecule has 0 bridgehead atoms. The summed E-state index contributed by atoms with van der Waals surface area (Å²) >= 11 is -0.699. The zero-order valence-corrected chi connectivity index (χ0v) is 17.4. The largest absolute Gasteiger partial charge is 1.00 e. The van der Waals surface area contributed by atoms with Gasteiger partial charge >= 0.3 is 157 Å². The molecule has 0 amide bonds. The summed E-state index contributed by atoms with van der Waals surface area (Å²) < 4.78 is 4.79. The Labute approximate surface area is 165 Å². The maximum atomic E-state index is 2.41. The number of aromatic nitrogens is 1. The van der Waals surface area contributed by atoms with E-state index in [1.54, 1.807) is 11.1 Å². The summed E-state index contributed by atoms with van der Waals surface area (Å²) in [5.74, 6) is 0. The number of halogens is 2. The number of hydrogen-bond donors (Lipinski definition) is 0. The maximum absolute atomic E-state index is 2.41. The number of fused-ring (bicyclic) bond motifs is 1. The van der Waals surface area contributed by atoms with Crippen LogP contribution in [0.3, 0.4) is 0 Å². The van der Waals surface area contributed by atoms with Crippen LogP contribution in [0.2, 0.25) is 0 Å². The summed E-state index contributed by atoms with van der Waals surface area (Å²) in [5, 5.41) is 0. The molecular weight excluding hydrogens is 407 g/mol. The minimum absolute atomic E-state index is 0. The molecule has 0 fully saturated rings. The fraction of sp³-hybridized carbons (Fsp3) is 0.273. The van der Waals surface area contributed by atoms with Gasteiger partial charge in [0.1, 0.15) is 0 Å². The first-order valence-corrected chi connectivity index (χ1v) is 11.6. The van der Waals surface area contributed by atoms with Gasteiger partial charge in [0.2, 0.25) is 0 Å². The van der Waals surface area contributed by atoms with Gasteiger partial charge in [0, 0.05) is 0 Å². The summed E-state index contributed by atoms with van der Waals surface area (Å²) in [4.78, 5) is 0. The van der Waals surface area contributed by atoms with Gasteiger partial charge in [-0.15, -0.1) is 0 Å². The van der Waals surface area contributed by atoms with Crippen molar-refractivity contribution in [1.29, 1.82) is 0 Å². The molecule has 1 atom stereocenters. The van der Waals surface area contributed by atoms with Crippen molar-refractivity contribution in [3.05, 3.63) is 80.9 Å². The second-order valence-electron chi connectivity index (χ2n) is 6.58. The molecule has 4 heteroatoms. The average Bonchev–Trinajstić information content (AvgIpc) is 3.34. The SMILES string of the molecule is CCCCC1=[C]([Zr+2][CH]2C(n3cccc3)=Cc3ccccc32)CC=C1.[F-].[F-]. The number of benzene rings is 1. The topological polar surface area (TPSA) is 4.93 Å². The first kappa shape index (κ1) is 20.8. The van der Waals surface area contributed by atoms with Gasteiger partial charge in [-0.2, -0.15) is 0 Å². The normalized spacial score (nSPS) is 17.3. The summed E-state index contributed by atoms with van der Waals surface area (Å²) in [6.45, 7) is 2.29. The average molecular weight is 431 g/mol. The van der Waals surface area contributed by atoms with E-state index in [0.717, 1.165) is 0 Å². The molecule has 1 aromatic carbocycles. The van der Waals surface area contributed by atoms with Crippen LogP contribution in [0.1, 0.15) is 47.4 Å². The summed E-state index contributed by atoms with van der Waals surface area (Å²) in [6, 6.07) is 13.3. The van der Waals surface area contributed by atoms with Crippen LogP contribution in [0.4, 0.5) is 0 Å². The molecule has 0 radical (unpaired) electrons. The molecule has 2 aromatic rings. The van der Waals surface area contributed by atoms with Crippen molar-refractivity contribution >= 4 is 11.8 Å². The van der Waals surface area contributed by atoms with Crippen molar-refractivity contribution < 1.29 is 32.6 Å². The smallest absolute Gasteiger partial charge is 1.00 e. The van der Waals surface area contributed by atoms with Crippen molar-refractivity contribution in [2.45, 2.75) is 36.2 Å². The van der Waals surface area contributed by atoms with Gasteiger partial charge in [0.05, 0.1) is 0 Å². The fourth-order valence-electron chi connectivity index (χ4n) is 3.67. The minimum atomic E-state index is -0.699. The van der Waals surface area contributed by atoms with Crippen LogP contribution in [-0.2, 0) is 23.2 Å². The Morgan fingerprint density at radius 2 is 1.85 bits per heavy atom. The van der Waals surface area contributed by atoms with Gasteiger partial charge in [-0.1, -0.05) is 0 Å². The molecule has 26 heavy (non-hydrogen) atoms. The molecule has 0 N–H and O–H groups in total. The molecule has 0 saturated heterocycles. The zero-order chi connectivity index (χ0) is 16.4. The van der Waals surface area contributed by atoms with Gasteiger partial charge in [-0.3, -0.25) is 0 Å². The van der Waals surface area contributed by atoms with Gasteiger partial charge in [-0.05, 0) is 0 Å². The van der Waals surface area contributed by atoms with E-state index in [-0.39, 0.29) is 9.41 Å². The van der Waals surface area contributed by atoms with Crippen LogP contribution in [0.5, 0.6) is 0 Å². The molecule has 4 rings (SSSR count). The van der Waals surface area contributed by atoms with Crippen LogP contribution in [-0.4, -0.2) is 4.57 Å². The maximum Gasteiger partial charge on any atom is -1.00 e. The molecule has 2 aliphatic carbocycles. The first-order chi connectivity index (χ1) is 11.9. The van der Waals surface area contributed by atoms with Crippen LogP contribution >= 0.6 is 0 Å². The quantitative estimate of drug-likeness (QED) is 0.610. The summed E-state index contributed by atoms with van der Waals surface area (Å²) in [5.41, 5.74) is 6.14. The van der Waals surface area contributed by atoms with E-state index in [1.807, 2.05) is 3.28 Å². The third-order valence-electron chi connectivity index (χ3n) is 4.96. The predicted molar refractivity (Wildman–Crippen MR) is 98.1 cm³/mol. The van der Waals surface area contributed by atoms with E-state index < -0.39 is 23.2 Å². The molecule has 0 spiro atoms. The molecule has 1 unspecified atom stereocenters. The third-order valence-corrected chi connectivity index (χ3v) is 9.30. The molecule has 0 aliphatic heterocycles. The van der Waals surface area contributed by atoms with E-state index in [2.05, 4.69) is 78.5 Å². The molecule has 2 aliphatic rings. The number of rotatable bonds is 6. The Morgan fingerprint density at radius 1 is 1.08 bits per heavy atom. The molecule has 134 valence electrons. The zero-order valence-electron chi connectivity index (χ0n) is 15.0. The molecular formula is C22H23F2NZr. The molecule has 0 saturated carbocycles.